The number of hydrogen-bond donors (Lipinski definition) is 2. The third-order valence-electron chi connectivity index (χ3n) is 2.90. The van der Waals surface area contributed by atoms with E-state index >= 15 is 0 Å². The molecule has 1 rings (SSSR count). The van der Waals surface area contributed by atoms with Gasteiger partial charge in [0, 0.05) is 30.8 Å². The first-order valence-electron chi connectivity index (χ1n) is 6.09. The molecule has 1 amide bonds. The third kappa shape index (κ3) is 4.33. The van der Waals surface area contributed by atoms with Gasteiger partial charge in [0.2, 0.25) is 0 Å². The Morgan fingerprint density at radius 3 is 2.74 bits per heavy atom. The molecule has 2 N–H and O–H groups in total. The van der Waals surface area contributed by atoms with Crippen molar-refractivity contribution in [1.29, 1.82) is 0 Å². The molecule has 0 radical (unpaired) electrons. The van der Waals surface area contributed by atoms with Gasteiger partial charge in [0.25, 0.3) is 11.6 Å². The molecular weight excluding hydrogens is 248 g/mol. The smallest absolute Gasteiger partial charge is 0.269 e. The lowest BCUT2D eigenvalue weighted by molar-refractivity contribution is -0.384. The van der Waals surface area contributed by atoms with E-state index in [9.17, 15) is 14.9 Å². The Hall–Kier alpha value is -1.95. The molecule has 6 nitrogen and oxygen atoms in total. The van der Waals surface area contributed by atoms with Gasteiger partial charge in [-0.15, -0.1) is 0 Å². The van der Waals surface area contributed by atoms with Crippen molar-refractivity contribution < 1.29 is 14.8 Å². The van der Waals surface area contributed by atoms with Gasteiger partial charge in [0.05, 0.1) is 4.92 Å². The van der Waals surface area contributed by atoms with E-state index in [2.05, 4.69) is 5.32 Å². The van der Waals surface area contributed by atoms with Crippen molar-refractivity contribution in [1.82, 2.24) is 5.32 Å². The number of rotatable bonds is 6. The van der Waals surface area contributed by atoms with Gasteiger partial charge in [0.1, 0.15) is 0 Å². The summed E-state index contributed by atoms with van der Waals surface area (Å²) in [6.07, 6.45) is 0.625. The molecule has 19 heavy (non-hydrogen) atoms. The van der Waals surface area contributed by atoms with E-state index in [4.69, 9.17) is 5.11 Å². The van der Waals surface area contributed by atoms with Gasteiger partial charge in [-0.3, -0.25) is 14.9 Å². The molecule has 0 aliphatic heterocycles. The van der Waals surface area contributed by atoms with E-state index in [0.29, 0.717) is 24.1 Å². The highest BCUT2D eigenvalue weighted by molar-refractivity contribution is 5.95. The van der Waals surface area contributed by atoms with Crippen LogP contribution in [-0.4, -0.2) is 29.1 Å². The first-order valence-corrected chi connectivity index (χ1v) is 6.09. The molecule has 0 aromatic heterocycles. The Bertz CT molecular complexity index is 474. The lowest BCUT2D eigenvalue weighted by atomic mass is 10.1. The maximum Gasteiger partial charge on any atom is 0.269 e. The lowest BCUT2D eigenvalue weighted by Crippen LogP contribution is -2.29. The number of benzene rings is 1. The highest BCUT2D eigenvalue weighted by Crippen LogP contribution is 2.17. The average Bonchev–Trinajstić information content (AvgIpc) is 2.36. The van der Waals surface area contributed by atoms with Crippen LogP contribution in [0.1, 0.15) is 29.3 Å². The minimum absolute atomic E-state index is 0.0253. The van der Waals surface area contributed by atoms with Gasteiger partial charge >= 0.3 is 0 Å². The number of hydrogen-bond acceptors (Lipinski definition) is 4. The summed E-state index contributed by atoms with van der Waals surface area (Å²) in [5.74, 6) is -0.0653. The van der Waals surface area contributed by atoms with Crippen molar-refractivity contribution in [2.45, 2.75) is 20.3 Å². The van der Waals surface area contributed by atoms with E-state index in [-0.39, 0.29) is 24.1 Å². The van der Waals surface area contributed by atoms with E-state index < -0.39 is 4.92 Å². The summed E-state index contributed by atoms with van der Waals surface area (Å²) >= 11 is 0. The summed E-state index contributed by atoms with van der Waals surface area (Å²) in [6, 6.07) is 4.16. The molecule has 0 aliphatic rings. The maximum absolute atomic E-state index is 11.9. The Morgan fingerprint density at radius 1 is 1.53 bits per heavy atom. The van der Waals surface area contributed by atoms with Gasteiger partial charge < -0.3 is 10.4 Å². The van der Waals surface area contributed by atoms with Crippen LogP contribution in [-0.2, 0) is 0 Å². The number of nitro benzene ring substituents is 1. The van der Waals surface area contributed by atoms with Crippen LogP contribution in [0.3, 0.4) is 0 Å². The third-order valence-corrected chi connectivity index (χ3v) is 2.90. The van der Waals surface area contributed by atoms with Crippen molar-refractivity contribution in [2.24, 2.45) is 5.92 Å². The molecule has 0 heterocycles. The number of aliphatic hydroxyl groups is 1. The first-order chi connectivity index (χ1) is 8.95. The van der Waals surface area contributed by atoms with Crippen LogP contribution in [0.15, 0.2) is 18.2 Å². The Morgan fingerprint density at radius 2 is 2.21 bits per heavy atom. The van der Waals surface area contributed by atoms with Crippen molar-refractivity contribution in [3.63, 3.8) is 0 Å². The van der Waals surface area contributed by atoms with E-state index in [0.717, 1.165) is 0 Å². The monoisotopic (exact) mass is 266 g/mol. The summed E-state index contributed by atoms with van der Waals surface area (Å²) < 4.78 is 0. The van der Waals surface area contributed by atoms with Crippen LogP contribution in [0.5, 0.6) is 0 Å². The lowest BCUT2D eigenvalue weighted by Gasteiger charge is -2.12. The standard InChI is InChI=1S/C13H18N2O4/c1-9(5-6-16)8-14-13(17)12-4-3-11(15(18)19)7-10(12)2/h3-4,7,9,16H,5-6,8H2,1-2H3,(H,14,17). The number of nitro groups is 1. The number of aliphatic hydroxyl groups excluding tert-OH is 1. The van der Waals surface area contributed by atoms with Crippen LogP contribution in [0.25, 0.3) is 0 Å². The second-order valence-corrected chi connectivity index (χ2v) is 4.58. The van der Waals surface area contributed by atoms with Gasteiger partial charge in [-0.05, 0) is 30.9 Å². The topological polar surface area (TPSA) is 92.5 Å². The van der Waals surface area contributed by atoms with Crippen LogP contribution in [0.4, 0.5) is 5.69 Å². The van der Waals surface area contributed by atoms with Crippen LogP contribution < -0.4 is 5.32 Å². The SMILES string of the molecule is Cc1cc([N+](=O)[O-])ccc1C(=O)NCC(C)CCO. The Kier molecular flexibility index (Phi) is 5.44. The molecule has 0 fully saturated rings. The zero-order valence-electron chi connectivity index (χ0n) is 11.0. The molecule has 0 saturated heterocycles. The zero-order chi connectivity index (χ0) is 14.4. The molecular formula is C13H18N2O4. The fourth-order valence-corrected chi connectivity index (χ4v) is 1.70. The quantitative estimate of drug-likeness (QED) is 0.605. The number of carbonyl (C=O) groups excluding carboxylic acids is 1. The highest BCUT2D eigenvalue weighted by Gasteiger charge is 2.13. The number of carbonyl (C=O) groups is 1. The van der Waals surface area contributed by atoms with Gasteiger partial charge in [-0.1, -0.05) is 6.92 Å². The molecule has 0 spiro atoms. The number of amides is 1. The molecule has 0 aliphatic carbocycles. The summed E-state index contributed by atoms with van der Waals surface area (Å²) in [4.78, 5) is 22.0. The summed E-state index contributed by atoms with van der Waals surface area (Å²) in [6.45, 7) is 4.15. The van der Waals surface area contributed by atoms with Crippen molar-refractivity contribution in [3.8, 4) is 0 Å². The minimum atomic E-state index is -0.488. The first kappa shape index (κ1) is 15.1. The molecule has 1 atom stereocenters. The molecule has 6 heteroatoms. The average molecular weight is 266 g/mol. The largest absolute Gasteiger partial charge is 0.396 e. The van der Waals surface area contributed by atoms with E-state index in [1.807, 2.05) is 6.92 Å². The molecule has 1 aromatic carbocycles. The number of nitrogens with one attached hydrogen (secondary N) is 1. The van der Waals surface area contributed by atoms with Crippen molar-refractivity contribution in [3.05, 3.63) is 39.4 Å². The molecule has 1 unspecified atom stereocenters. The second kappa shape index (κ2) is 6.84. The molecule has 1 aromatic rings. The Balaban J connectivity index is 2.70. The number of nitrogens with zero attached hydrogens (tertiary/aromatic N) is 1. The van der Waals surface area contributed by atoms with Gasteiger partial charge in [0.15, 0.2) is 0 Å². The van der Waals surface area contributed by atoms with Crippen molar-refractivity contribution >= 4 is 11.6 Å². The predicted molar refractivity (Wildman–Crippen MR) is 71.0 cm³/mol. The molecule has 0 bridgehead atoms. The van der Waals surface area contributed by atoms with E-state index in [1.165, 1.54) is 18.2 Å². The van der Waals surface area contributed by atoms with Gasteiger partial charge in [-0.2, -0.15) is 0 Å². The summed E-state index contributed by atoms with van der Waals surface area (Å²) in [5.41, 5.74) is 0.978. The maximum atomic E-state index is 11.9. The highest BCUT2D eigenvalue weighted by atomic mass is 16.6. The van der Waals surface area contributed by atoms with Crippen LogP contribution in [0.2, 0.25) is 0 Å². The Labute approximate surface area is 111 Å². The predicted octanol–water partition coefficient (Wildman–Crippen LogP) is 1.65. The normalized spacial score (nSPS) is 11.9. The van der Waals surface area contributed by atoms with E-state index in [1.54, 1.807) is 6.92 Å². The van der Waals surface area contributed by atoms with Gasteiger partial charge in [-0.25, -0.2) is 0 Å². The molecule has 0 saturated carbocycles. The number of non-ortho nitro benzene ring substituents is 1. The minimum Gasteiger partial charge on any atom is -0.396 e. The fourth-order valence-electron chi connectivity index (χ4n) is 1.70. The van der Waals surface area contributed by atoms with Crippen molar-refractivity contribution in [2.75, 3.05) is 13.2 Å². The number of aryl methyl sites for hydroxylation is 1. The second-order valence-electron chi connectivity index (χ2n) is 4.58. The summed E-state index contributed by atoms with van der Waals surface area (Å²) in [7, 11) is 0. The van der Waals surface area contributed by atoms with Crippen LogP contribution in [0, 0.1) is 23.0 Å². The molecule has 104 valence electrons. The fraction of sp³-hybridized carbons (Fsp3) is 0.462. The zero-order valence-corrected chi connectivity index (χ0v) is 11.0. The van der Waals surface area contributed by atoms with Crippen LogP contribution >= 0.6 is 0 Å². The summed E-state index contributed by atoms with van der Waals surface area (Å²) in [5, 5.41) is 22.1.